The van der Waals surface area contributed by atoms with Crippen LogP contribution in [0.5, 0.6) is 0 Å². The number of methoxy groups -OCH3 is 1. The molecule has 128 valence electrons. The van der Waals surface area contributed by atoms with Gasteiger partial charge in [0.1, 0.15) is 5.60 Å². The topological polar surface area (TPSA) is 76.7 Å². The van der Waals surface area contributed by atoms with Crippen LogP contribution in [-0.2, 0) is 14.3 Å². The minimum absolute atomic E-state index is 0.170. The molecule has 1 amide bonds. The van der Waals surface area contributed by atoms with Gasteiger partial charge in [-0.25, -0.2) is 4.79 Å². The first-order chi connectivity index (χ1) is 10.3. The average molecular weight is 314 g/mol. The lowest BCUT2D eigenvalue weighted by molar-refractivity contribution is -0.140. The van der Waals surface area contributed by atoms with Crippen LogP contribution >= 0.6 is 0 Å². The van der Waals surface area contributed by atoms with Crippen molar-refractivity contribution >= 4 is 12.1 Å². The van der Waals surface area contributed by atoms with Gasteiger partial charge >= 0.3 is 12.1 Å². The summed E-state index contributed by atoms with van der Waals surface area (Å²) in [5.74, 6) is 0.252. The summed E-state index contributed by atoms with van der Waals surface area (Å²) in [7, 11) is 1.41. The lowest BCUT2D eigenvalue weighted by Gasteiger charge is -2.23. The summed E-state index contributed by atoms with van der Waals surface area (Å²) in [4.78, 5) is 22.7. The normalized spacial score (nSPS) is 21.5. The molecule has 22 heavy (non-hydrogen) atoms. The van der Waals surface area contributed by atoms with Crippen molar-refractivity contribution in [2.75, 3.05) is 20.2 Å². The number of nitrogens with one attached hydrogen (secondary N) is 2. The number of esters is 1. The quantitative estimate of drug-likeness (QED) is 0.556. The molecule has 0 aliphatic heterocycles. The highest BCUT2D eigenvalue weighted by Gasteiger charge is 2.27. The Kier molecular flexibility index (Phi) is 7.65. The molecule has 6 heteroatoms. The lowest BCUT2D eigenvalue weighted by Crippen LogP contribution is -2.41. The largest absolute Gasteiger partial charge is 0.469 e. The highest BCUT2D eigenvalue weighted by Crippen LogP contribution is 2.25. The lowest BCUT2D eigenvalue weighted by atomic mass is 10.0. The van der Waals surface area contributed by atoms with Gasteiger partial charge in [-0.1, -0.05) is 6.42 Å². The van der Waals surface area contributed by atoms with E-state index in [9.17, 15) is 9.59 Å². The molecule has 0 aromatic rings. The molecule has 0 spiro atoms. The number of amides is 1. The van der Waals surface area contributed by atoms with Crippen LogP contribution < -0.4 is 10.6 Å². The standard InChI is InChI=1S/C16H30N2O4/c1-16(2,3)22-15(20)18-11-12-7-5-8-13(12)17-10-6-9-14(19)21-4/h12-13,17H,5-11H2,1-4H3,(H,18,20). The van der Waals surface area contributed by atoms with Crippen LogP contribution in [0.2, 0.25) is 0 Å². The molecule has 2 atom stereocenters. The number of carbonyl (C=O) groups excluding carboxylic acids is 2. The van der Waals surface area contributed by atoms with E-state index >= 15 is 0 Å². The van der Waals surface area contributed by atoms with Crippen molar-refractivity contribution in [3.05, 3.63) is 0 Å². The van der Waals surface area contributed by atoms with Gasteiger partial charge in [-0.2, -0.15) is 0 Å². The molecule has 0 radical (unpaired) electrons. The molecule has 6 nitrogen and oxygen atoms in total. The van der Waals surface area contributed by atoms with Crippen LogP contribution in [0.3, 0.4) is 0 Å². The number of alkyl carbamates (subject to hydrolysis) is 1. The van der Waals surface area contributed by atoms with Crippen molar-refractivity contribution in [2.24, 2.45) is 5.92 Å². The van der Waals surface area contributed by atoms with Crippen LogP contribution in [0.4, 0.5) is 4.79 Å². The van der Waals surface area contributed by atoms with E-state index in [2.05, 4.69) is 15.4 Å². The zero-order chi connectivity index (χ0) is 16.6. The number of hydrogen-bond donors (Lipinski definition) is 2. The fraction of sp³-hybridized carbons (Fsp3) is 0.875. The van der Waals surface area contributed by atoms with Crippen molar-refractivity contribution in [1.82, 2.24) is 10.6 Å². The van der Waals surface area contributed by atoms with Gasteiger partial charge in [-0.05, 0) is 52.5 Å². The van der Waals surface area contributed by atoms with Gasteiger partial charge in [0.2, 0.25) is 0 Å². The second-order valence-corrected chi connectivity index (χ2v) is 6.81. The first-order valence-electron chi connectivity index (χ1n) is 8.09. The van der Waals surface area contributed by atoms with E-state index in [0.29, 0.717) is 24.9 Å². The molecule has 1 aliphatic rings. The van der Waals surface area contributed by atoms with Gasteiger partial charge in [0.25, 0.3) is 0 Å². The number of carbonyl (C=O) groups is 2. The second-order valence-electron chi connectivity index (χ2n) is 6.81. The molecule has 2 unspecified atom stereocenters. The third kappa shape index (κ3) is 7.64. The maximum Gasteiger partial charge on any atom is 0.407 e. The summed E-state index contributed by atoms with van der Waals surface area (Å²) in [6.07, 6.45) is 4.23. The molecule has 1 fully saturated rings. The molecule has 1 saturated carbocycles. The molecule has 0 heterocycles. The Hall–Kier alpha value is -1.30. The summed E-state index contributed by atoms with van der Waals surface area (Å²) in [6.45, 7) is 6.99. The third-order valence-electron chi connectivity index (χ3n) is 3.76. The van der Waals surface area contributed by atoms with E-state index in [1.165, 1.54) is 7.11 Å². The fourth-order valence-electron chi connectivity index (χ4n) is 2.70. The SMILES string of the molecule is COC(=O)CCCNC1CCCC1CNC(=O)OC(C)(C)C. The van der Waals surface area contributed by atoms with Crippen LogP contribution in [0.15, 0.2) is 0 Å². The summed E-state index contributed by atoms with van der Waals surface area (Å²) >= 11 is 0. The van der Waals surface area contributed by atoms with E-state index in [1.54, 1.807) is 0 Å². The monoisotopic (exact) mass is 314 g/mol. The Balaban J connectivity index is 2.22. The van der Waals surface area contributed by atoms with Crippen molar-refractivity contribution in [2.45, 2.75) is 64.5 Å². The summed E-state index contributed by atoms with van der Waals surface area (Å²) in [6, 6.07) is 0.396. The predicted octanol–water partition coefficient (Wildman–Crippen LogP) is 2.22. The van der Waals surface area contributed by atoms with Crippen LogP contribution in [0.1, 0.15) is 52.9 Å². The van der Waals surface area contributed by atoms with E-state index in [1.807, 2.05) is 20.8 Å². The predicted molar refractivity (Wildman–Crippen MR) is 84.6 cm³/mol. The highest BCUT2D eigenvalue weighted by molar-refractivity contribution is 5.69. The molecule has 0 aromatic heterocycles. The Bertz CT molecular complexity index is 366. The first kappa shape index (κ1) is 18.7. The smallest absolute Gasteiger partial charge is 0.407 e. The van der Waals surface area contributed by atoms with Gasteiger partial charge in [0.05, 0.1) is 7.11 Å². The van der Waals surface area contributed by atoms with E-state index in [0.717, 1.165) is 32.2 Å². The van der Waals surface area contributed by atoms with Crippen molar-refractivity contribution in [1.29, 1.82) is 0 Å². The third-order valence-corrected chi connectivity index (χ3v) is 3.76. The van der Waals surface area contributed by atoms with Crippen molar-refractivity contribution < 1.29 is 19.1 Å². The molecule has 2 N–H and O–H groups in total. The Morgan fingerprint density at radius 2 is 1.95 bits per heavy atom. The average Bonchev–Trinajstić information content (AvgIpc) is 2.86. The Labute approximate surface area is 133 Å². The molecule has 1 aliphatic carbocycles. The van der Waals surface area contributed by atoms with Gasteiger partial charge in [-0.15, -0.1) is 0 Å². The maximum atomic E-state index is 11.7. The van der Waals surface area contributed by atoms with E-state index in [4.69, 9.17) is 4.74 Å². The molecular weight excluding hydrogens is 284 g/mol. The minimum Gasteiger partial charge on any atom is -0.469 e. The van der Waals surface area contributed by atoms with E-state index in [-0.39, 0.29) is 12.1 Å². The summed E-state index contributed by atoms with van der Waals surface area (Å²) in [5, 5.41) is 6.34. The van der Waals surface area contributed by atoms with Crippen LogP contribution in [-0.4, -0.2) is 43.9 Å². The molecule has 0 bridgehead atoms. The first-order valence-corrected chi connectivity index (χ1v) is 8.09. The molecular formula is C16H30N2O4. The van der Waals surface area contributed by atoms with Crippen molar-refractivity contribution in [3.63, 3.8) is 0 Å². The molecule has 0 saturated heterocycles. The zero-order valence-corrected chi connectivity index (χ0v) is 14.2. The van der Waals surface area contributed by atoms with Gasteiger partial charge in [-0.3, -0.25) is 4.79 Å². The zero-order valence-electron chi connectivity index (χ0n) is 14.2. The highest BCUT2D eigenvalue weighted by atomic mass is 16.6. The summed E-state index contributed by atoms with van der Waals surface area (Å²) < 4.78 is 9.87. The second kappa shape index (κ2) is 8.98. The van der Waals surface area contributed by atoms with Crippen LogP contribution in [0.25, 0.3) is 0 Å². The molecule has 0 aromatic carbocycles. The number of ether oxygens (including phenoxy) is 2. The Morgan fingerprint density at radius 3 is 2.59 bits per heavy atom. The maximum absolute atomic E-state index is 11.7. The summed E-state index contributed by atoms with van der Waals surface area (Å²) in [5.41, 5.74) is -0.467. The van der Waals surface area contributed by atoms with Crippen molar-refractivity contribution in [3.8, 4) is 0 Å². The van der Waals surface area contributed by atoms with Gasteiger partial charge in [0, 0.05) is 19.0 Å². The fourth-order valence-corrected chi connectivity index (χ4v) is 2.70. The number of rotatable bonds is 7. The van der Waals surface area contributed by atoms with Crippen LogP contribution in [0, 0.1) is 5.92 Å². The molecule has 1 rings (SSSR count). The van der Waals surface area contributed by atoms with Gasteiger partial charge < -0.3 is 20.1 Å². The Morgan fingerprint density at radius 1 is 1.23 bits per heavy atom. The number of hydrogen-bond acceptors (Lipinski definition) is 5. The van der Waals surface area contributed by atoms with Gasteiger partial charge in [0.15, 0.2) is 0 Å². The minimum atomic E-state index is -0.467. The van der Waals surface area contributed by atoms with E-state index < -0.39 is 5.60 Å².